The average Bonchev–Trinajstić information content (AvgIpc) is 2.68. The van der Waals surface area contributed by atoms with Gasteiger partial charge in [-0.25, -0.2) is 9.50 Å². The number of rotatable bonds is 5. The second-order valence-corrected chi connectivity index (χ2v) is 5.15. The van der Waals surface area contributed by atoms with Crippen molar-refractivity contribution >= 4 is 5.65 Å². The smallest absolute Gasteiger partial charge is 0.155 e. The molecule has 2 heterocycles. The van der Waals surface area contributed by atoms with E-state index in [-0.39, 0.29) is 0 Å². The first kappa shape index (κ1) is 13.1. The van der Waals surface area contributed by atoms with E-state index in [1.807, 2.05) is 11.4 Å². The van der Waals surface area contributed by atoms with E-state index in [1.54, 1.807) is 0 Å². The van der Waals surface area contributed by atoms with E-state index in [0.29, 0.717) is 5.92 Å². The van der Waals surface area contributed by atoms with Crippen LogP contribution in [0.1, 0.15) is 62.5 Å². The predicted octanol–water partition coefficient (Wildman–Crippen LogP) is 4.03. The molecule has 2 aromatic rings. The van der Waals surface area contributed by atoms with Gasteiger partial charge in [0.15, 0.2) is 5.65 Å². The van der Waals surface area contributed by atoms with Crippen LogP contribution in [-0.4, -0.2) is 14.6 Å². The first-order valence-corrected chi connectivity index (χ1v) is 6.99. The fourth-order valence-corrected chi connectivity index (χ4v) is 2.67. The number of aryl methyl sites for hydroxylation is 2. The maximum atomic E-state index is 4.59. The summed E-state index contributed by atoms with van der Waals surface area (Å²) in [4.78, 5) is 4.56. The molecular formula is C15H23N3. The van der Waals surface area contributed by atoms with Gasteiger partial charge in [0, 0.05) is 23.4 Å². The molecule has 3 nitrogen and oxygen atoms in total. The summed E-state index contributed by atoms with van der Waals surface area (Å²) in [5, 5.41) is 4.59. The van der Waals surface area contributed by atoms with Crippen LogP contribution in [0.3, 0.4) is 0 Å². The molecule has 0 amide bonds. The lowest BCUT2D eigenvalue weighted by Crippen LogP contribution is -2.08. The third-order valence-electron chi connectivity index (χ3n) is 3.40. The molecule has 0 aromatic carbocycles. The normalized spacial score (nSPS) is 11.6. The maximum Gasteiger partial charge on any atom is 0.155 e. The molecule has 2 aromatic heterocycles. The van der Waals surface area contributed by atoms with Gasteiger partial charge >= 0.3 is 0 Å². The van der Waals surface area contributed by atoms with Crippen LogP contribution < -0.4 is 0 Å². The number of hydrogen-bond acceptors (Lipinski definition) is 2. The molecule has 0 saturated heterocycles. The van der Waals surface area contributed by atoms with Crippen molar-refractivity contribution < 1.29 is 0 Å². The standard InChI is InChI=1S/C15H23N3/c1-5-7-13(8-6-2)14-9-11(3)16-15-10-12(4)17-18(14)15/h9-10,13H,5-8H2,1-4H3. The van der Waals surface area contributed by atoms with Crippen molar-refractivity contribution in [3.05, 3.63) is 29.2 Å². The largest absolute Gasteiger partial charge is 0.234 e. The first-order valence-electron chi connectivity index (χ1n) is 6.99. The van der Waals surface area contributed by atoms with E-state index in [0.717, 1.165) is 17.0 Å². The SMILES string of the molecule is CCCC(CCC)c1cc(C)nc2cc(C)nn12. The minimum atomic E-state index is 0.600. The number of hydrogen-bond donors (Lipinski definition) is 0. The fourth-order valence-electron chi connectivity index (χ4n) is 2.67. The number of nitrogens with zero attached hydrogens (tertiary/aromatic N) is 3. The minimum absolute atomic E-state index is 0.600. The van der Waals surface area contributed by atoms with Crippen LogP contribution in [0.2, 0.25) is 0 Å². The Kier molecular flexibility index (Phi) is 4.00. The highest BCUT2D eigenvalue weighted by Gasteiger charge is 2.15. The molecule has 0 saturated carbocycles. The Morgan fingerprint density at radius 1 is 1.06 bits per heavy atom. The molecule has 98 valence electrons. The molecule has 3 heteroatoms. The van der Waals surface area contributed by atoms with Crippen molar-refractivity contribution in [2.24, 2.45) is 0 Å². The van der Waals surface area contributed by atoms with Gasteiger partial charge in [0.05, 0.1) is 5.69 Å². The average molecular weight is 245 g/mol. The van der Waals surface area contributed by atoms with Gasteiger partial charge < -0.3 is 0 Å². The first-order chi connectivity index (χ1) is 8.65. The van der Waals surface area contributed by atoms with Crippen LogP contribution in [0.15, 0.2) is 12.1 Å². The van der Waals surface area contributed by atoms with E-state index < -0.39 is 0 Å². The third-order valence-corrected chi connectivity index (χ3v) is 3.40. The molecule has 0 aliphatic rings. The van der Waals surface area contributed by atoms with Crippen LogP contribution in [-0.2, 0) is 0 Å². The molecule has 0 aliphatic heterocycles. The Balaban J connectivity index is 2.52. The van der Waals surface area contributed by atoms with E-state index in [4.69, 9.17) is 0 Å². The quantitative estimate of drug-likeness (QED) is 0.796. The van der Waals surface area contributed by atoms with E-state index in [9.17, 15) is 0 Å². The van der Waals surface area contributed by atoms with Crippen molar-refractivity contribution in [1.29, 1.82) is 0 Å². The van der Waals surface area contributed by atoms with Crippen molar-refractivity contribution in [2.45, 2.75) is 59.3 Å². The molecule has 18 heavy (non-hydrogen) atoms. The summed E-state index contributed by atoms with van der Waals surface area (Å²) >= 11 is 0. The Morgan fingerprint density at radius 2 is 1.72 bits per heavy atom. The van der Waals surface area contributed by atoms with Gasteiger partial charge in [0.2, 0.25) is 0 Å². The summed E-state index contributed by atoms with van der Waals surface area (Å²) in [5.41, 5.74) is 4.45. The zero-order chi connectivity index (χ0) is 13.1. The van der Waals surface area contributed by atoms with Gasteiger partial charge in [-0.2, -0.15) is 5.10 Å². The summed E-state index contributed by atoms with van der Waals surface area (Å²) in [6, 6.07) is 4.26. The van der Waals surface area contributed by atoms with Crippen LogP contribution in [0, 0.1) is 13.8 Å². The lowest BCUT2D eigenvalue weighted by Gasteiger charge is -2.17. The predicted molar refractivity (Wildman–Crippen MR) is 75.0 cm³/mol. The molecule has 0 unspecified atom stereocenters. The molecule has 0 spiro atoms. The van der Waals surface area contributed by atoms with Gasteiger partial charge in [-0.15, -0.1) is 0 Å². The Labute approximate surface area is 109 Å². The Bertz CT molecular complexity index is 522. The highest BCUT2D eigenvalue weighted by Crippen LogP contribution is 2.27. The van der Waals surface area contributed by atoms with Crippen LogP contribution in [0.4, 0.5) is 0 Å². The van der Waals surface area contributed by atoms with Crippen molar-refractivity contribution in [3.8, 4) is 0 Å². The van der Waals surface area contributed by atoms with Gasteiger partial charge in [-0.1, -0.05) is 26.7 Å². The van der Waals surface area contributed by atoms with Crippen molar-refractivity contribution in [2.75, 3.05) is 0 Å². The van der Waals surface area contributed by atoms with E-state index in [1.165, 1.54) is 31.4 Å². The molecule has 0 N–H and O–H groups in total. The molecule has 2 rings (SSSR count). The number of fused-ring (bicyclic) bond motifs is 1. The van der Waals surface area contributed by atoms with Crippen LogP contribution in [0.5, 0.6) is 0 Å². The molecule has 0 atom stereocenters. The zero-order valence-corrected chi connectivity index (χ0v) is 11.9. The van der Waals surface area contributed by atoms with Gasteiger partial charge in [0.1, 0.15) is 0 Å². The summed E-state index contributed by atoms with van der Waals surface area (Å²) < 4.78 is 2.04. The lowest BCUT2D eigenvalue weighted by molar-refractivity contribution is 0.533. The maximum absolute atomic E-state index is 4.59. The monoisotopic (exact) mass is 245 g/mol. The van der Waals surface area contributed by atoms with E-state index >= 15 is 0 Å². The fraction of sp³-hybridized carbons (Fsp3) is 0.600. The summed E-state index contributed by atoms with van der Waals surface area (Å²) in [5.74, 6) is 0.600. The minimum Gasteiger partial charge on any atom is -0.234 e. The van der Waals surface area contributed by atoms with Gasteiger partial charge in [0.25, 0.3) is 0 Å². The van der Waals surface area contributed by atoms with E-state index in [2.05, 4.69) is 43.0 Å². The van der Waals surface area contributed by atoms with Crippen LogP contribution >= 0.6 is 0 Å². The van der Waals surface area contributed by atoms with Crippen LogP contribution in [0.25, 0.3) is 5.65 Å². The molecule has 0 fully saturated rings. The highest BCUT2D eigenvalue weighted by atomic mass is 15.3. The summed E-state index contributed by atoms with van der Waals surface area (Å²) in [6.45, 7) is 8.60. The zero-order valence-electron chi connectivity index (χ0n) is 11.9. The number of aromatic nitrogens is 3. The Morgan fingerprint density at radius 3 is 2.33 bits per heavy atom. The molecule has 0 bridgehead atoms. The molecular weight excluding hydrogens is 222 g/mol. The molecule has 0 aliphatic carbocycles. The van der Waals surface area contributed by atoms with Gasteiger partial charge in [-0.05, 0) is 32.8 Å². The second-order valence-electron chi connectivity index (χ2n) is 5.15. The van der Waals surface area contributed by atoms with Crippen molar-refractivity contribution in [3.63, 3.8) is 0 Å². The summed E-state index contributed by atoms with van der Waals surface area (Å²) in [6.07, 6.45) is 4.89. The molecule has 0 radical (unpaired) electrons. The summed E-state index contributed by atoms with van der Waals surface area (Å²) in [7, 11) is 0. The third kappa shape index (κ3) is 2.55. The lowest BCUT2D eigenvalue weighted by atomic mass is 9.94. The second kappa shape index (κ2) is 5.51. The highest BCUT2D eigenvalue weighted by molar-refractivity contribution is 5.42. The Hall–Kier alpha value is -1.38. The van der Waals surface area contributed by atoms with Crippen molar-refractivity contribution in [1.82, 2.24) is 14.6 Å². The topological polar surface area (TPSA) is 30.2 Å². The van der Waals surface area contributed by atoms with Gasteiger partial charge in [-0.3, -0.25) is 0 Å².